The number of likely N-dealkylation sites (N-methyl/N-ethyl adjacent to an activating group) is 1. The van der Waals surface area contributed by atoms with Crippen molar-refractivity contribution in [2.45, 2.75) is 13.0 Å². The first-order valence-electron chi connectivity index (χ1n) is 7.91. The number of rotatable bonds is 8. The molecule has 23 heavy (non-hydrogen) atoms. The van der Waals surface area contributed by atoms with Gasteiger partial charge in [0, 0.05) is 19.6 Å². The third kappa shape index (κ3) is 6.98. The molecule has 0 bridgehead atoms. The number of hydrogen-bond acceptors (Lipinski definition) is 3. The summed E-state index contributed by atoms with van der Waals surface area (Å²) in [5.41, 5.74) is 2.32. The lowest BCUT2D eigenvalue weighted by Crippen LogP contribution is -2.34. The molecular weight excluding hydrogens is 288 g/mol. The van der Waals surface area contributed by atoms with Gasteiger partial charge in [0.2, 0.25) is 0 Å². The van der Waals surface area contributed by atoms with E-state index in [1.807, 2.05) is 36.4 Å². The summed E-state index contributed by atoms with van der Waals surface area (Å²) in [7, 11) is 2.06. The summed E-state index contributed by atoms with van der Waals surface area (Å²) >= 11 is 0. The van der Waals surface area contributed by atoms with Gasteiger partial charge in [0.25, 0.3) is 0 Å². The molecule has 0 aliphatic heterocycles. The van der Waals surface area contributed by atoms with E-state index >= 15 is 0 Å². The van der Waals surface area contributed by atoms with Crippen LogP contribution in [0.15, 0.2) is 60.7 Å². The molecule has 1 N–H and O–H groups in total. The van der Waals surface area contributed by atoms with Crippen molar-refractivity contribution in [1.29, 1.82) is 0 Å². The monoisotopic (exact) mass is 312 g/mol. The standard InChI is InChI=1S/C19H24N2O2/c1-21(14-12-17-8-4-2-5-9-17)15-13-20-19(22)23-16-18-10-6-3-7-11-18/h2-11H,12-16H2,1H3,(H,20,22). The van der Waals surface area contributed by atoms with Crippen molar-refractivity contribution in [3.05, 3.63) is 71.8 Å². The Kier molecular flexibility index (Phi) is 7.14. The highest BCUT2D eigenvalue weighted by atomic mass is 16.5. The van der Waals surface area contributed by atoms with Gasteiger partial charge in [-0.3, -0.25) is 0 Å². The highest BCUT2D eigenvalue weighted by Gasteiger charge is 2.04. The smallest absolute Gasteiger partial charge is 0.407 e. The average molecular weight is 312 g/mol. The topological polar surface area (TPSA) is 41.6 Å². The van der Waals surface area contributed by atoms with Gasteiger partial charge in [-0.25, -0.2) is 4.79 Å². The van der Waals surface area contributed by atoms with Crippen LogP contribution in [0.25, 0.3) is 0 Å². The Morgan fingerprint density at radius 3 is 2.22 bits per heavy atom. The first-order chi connectivity index (χ1) is 11.2. The summed E-state index contributed by atoms with van der Waals surface area (Å²) in [6, 6.07) is 20.1. The van der Waals surface area contributed by atoms with Crippen molar-refractivity contribution < 1.29 is 9.53 Å². The predicted molar refractivity (Wildman–Crippen MR) is 92.3 cm³/mol. The van der Waals surface area contributed by atoms with Crippen LogP contribution in [-0.2, 0) is 17.8 Å². The van der Waals surface area contributed by atoms with Crippen LogP contribution >= 0.6 is 0 Å². The normalized spacial score (nSPS) is 10.5. The molecule has 4 heteroatoms. The predicted octanol–water partition coefficient (Wildman–Crippen LogP) is 3.09. The van der Waals surface area contributed by atoms with Crippen molar-refractivity contribution in [1.82, 2.24) is 10.2 Å². The Morgan fingerprint density at radius 2 is 1.57 bits per heavy atom. The zero-order valence-electron chi connectivity index (χ0n) is 13.6. The first-order valence-corrected chi connectivity index (χ1v) is 7.91. The quantitative estimate of drug-likeness (QED) is 0.814. The van der Waals surface area contributed by atoms with Crippen molar-refractivity contribution in [2.24, 2.45) is 0 Å². The largest absolute Gasteiger partial charge is 0.445 e. The van der Waals surface area contributed by atoms with Gasteiger partial charge in [0.05, 0.1) is 0 Å². The lowest BCUT2D eigenvalue weighted by Gasteiger charge is -2.16. The molecule has 0 aliphatic carbocycles. The van der Waals surface area contributed by atoms with Crippen molar-refractivity contribution in [3.63, 3.8) is 0 Å². The van der Waals surface area contributed by atoms with Crippen LogP contribution in [0.1, 0.15) is 11.1 Å². The number of carbonyl (C=O) groups excluding carboxylic acids is 1. The van der Waals surface area contributed by atoms with Crippen molar-refractivity contribution >= 4 is 6.09 Å². The Balaban J connectivity index is 1.56. The molecule has 122 valence electrons. The third-order valence-corrected chi connectivity index (χ3v) is 3.60. The summed E-state index contributed by atoms with van der Waals surface area (Å²) in [4.78, 5) is 13.8. The summed E-state index contributed by atoms with van der Waals surface area (Å²) in [6.45, 7) is 2.65. The fourth-order valence-electron chi connectivity index (χ4n) is 2.20. The molecular formula is C19H24N2O2. The molecule has 0 atom stereocenters. The third-order valence-electron chi connectivity index (χ3n) is 3.60. The first kappa shape index (κ1) is 17.0. The van der Waals surface area contributed by atoms with Gasteiger partial charge < -0.3 is 15.0 Å². The Bertz CT molecular complexity index is 572. The lowest BCUT2D eigenvalue weighted by atomic mass is 10.1. The molecule has 0 saturated heterocycles. The van der Waals surface area contributed by atoms with Gasteiger partial charge in [-0.15, -0.1) is 0 Å². The average Bonchev–Trinajstić information content (AvgIpc) is 2.60. The molecule has 4 nitrogen and oxygen atoms in total. The molecule has 2 rings (SSSR count). The highest BCUT2D eigenvalue weighted by molar-refractivity contribution is 5.67. The molecule has 2 aromatic carbocycles. The number of alkyl carbamates (subject to hydrolysis) is 1. The highest BCUT2D eigenvalue weighted by Crippen LogP contribution is 2.01. The second-order valence-electron chi connectivity index (χ2n) is 5.53. The minimum atomic E-state index is -0.370. The van der Waals surface area contributed by atoms with Crippen LogP contribution in [0.3, 0.4) is 0 Å². The number of amides is 1. The van der Waals surface area contributed by atoms with E-state index in [9.17, 15) is 4.79 Å². The van der Waals surface area contributed by atoms with Gasteiger partial charge in [-0.2, -0.15) is 0 Å². The van der Waals surface area contributed by atoms with Crippen molar-refractivity contribution in [3.8, 4) is 0 Å². The van der Waals surface area contributed by atoms with Crippen LogP contribution in [0.2, 0.25) is 0 Å². The zero-order chi connectivity index (χ0) is 16.3. The summed E-state index contributed by atoms with van der Waals surface area (Å²) in [6.07, 6.45) is 0.640. The Labute approximate surface area is 138 Å². The van der Waals surface area contributed by atoms with E-state index in [2.05, 4.69) is 41.5 Å². The molecule has 2 aromatic rings. The molecule has 0 saturated carbocycles. The summed E-state index contributed by atoms with van der Waals surface area (Å²) in [5, 5.41) is 2.78. The van der Waals surface area contributed by atoms with Crippen LogP contribution < -0.4 is 5.32 Å². The number of nitrogens with one attached hydrogen (secondary N) is 1. The maximum Gasteiger partial charge on any atom is 0.407 e. The Hall–Kier alpha value is -2.33. The molecule has 0 aliphatic rings. The summed E-state index contributed by atoms with van der Waals surface area (Å²) in [5.74, 6) is 0. The van der Waals surface area contributed by atoms with E-state index in [0.29, 0.717) is 13.2 Å². The number of carbonyl (C=O) groups is 1. The van der Waals surface area contributed by atoms with E-state index in [1.165, 1.54) is 5.56 Å². The van der Waals surface area contributed by atoms with Gasteiger partial charge in [0.1, 0.15) is 6.61 Å². The zero-order valence-corrected chi connectivity index (χ0v) is 13.6. The molecule has 0 spiro atoms. The van der Waals surface area contributed by atoms with E-state index in [1.54, 1.807) is 0 Å². The van der Waals surface area contributed by atoms with E-state index in [4.69, 9.17) is 4.74 Å². The van der Waals surface area contributed by atoms with Gasteiger partial charge in [-0.1, -0.05) is 60.7 Å². The second kappa shape index (κ2) is 9.64. The van der Waals surface area contributed by atoms with E-state index < -0.39 is 0 Å². The lowest BCUT2D eigenvalue weighted by molar-refractivity contribution is 0.138. The maximum absolute atomic E-state index is 11.6. The number of benzene rings is 2. The van der Waals surface area contributed by atoms with Gasteiger partial charge in [-0.05, 0) is 24.6 Å². The molecule has 0 unspecified atom stereocenters. The minimum absolute atomic E-state index is 0.302. The fraction of sp³-hybridized carbons (Fsp3) is 0.316. The molecule has 0 heterocycles. The molecule has 1 amide bonds. The Morgan fingerprint density at radius 1 is 0.957 bits per heavy atom. The fourth-order valence-corrected chi connectivity index (χ4v) is 2.20. The number of nitrogens with zero attached hydrogens (tertiary/aromatic N) is 1. The van der Waals surface area contributed by atoms with E-state index in [-0.39, 0.29) is 6.09 Å². The molecule has 0 radical (unpaired) electrons. The van der Waals surface area contributed by atoms with Crippen LogP contribution in [0.5, 0.6) is 0 Å². The molecule has 0 aromatic heterocycles. The SMILES string of the molecule is CN(CCNC(=O)OCc1ccccc1)CCc1ccccc1. The number of hydrogen-bond donors (Lipinski definition) is 1. The maximum atomic E-state index is 11.6. The van der Waals surface area contributed by atoms with Crippen LogP contribution in [0, 0.1) is 0 Å². The van der Waals surface area contributed by atoms with Gasteiger partial charge >= 0.3 is 6.09 Å². The van der Waals surface area contributed by atoms with E-state index in [0.717, 1.165) is 25.1 Å². The summed E-state index contributed by atoms with van der Waals surface area (Å²) < 4.78 is 5.17. The number of ether oxygens (including phenoxy) is 1. The van der Waals surface area contributed by atoms with Crippen LogP contribution in [0.4, 0.5) is 4.79 Å². The van der Waals surface area contributed by atoms with Crippen molar-refractivity contribution in [2.75, 3.05) is 26.7 Å². The van der Waals surface area contributed by atoms with Gasteiger partial charge in [0.15, 0.2) is 0 Å². The van der Waals surface area contributed by atoms with Crippen LogP contribution in [-0.4, -0.2) is 37.7 Å². The second-order valence-corrected chi connectivity index (χ2v) is 5.53. The molecule has 0 fully saturated rings. The minimum Gasteiger partial charge on any atom is -0.445 e.